The monoisotopic (exact) mass is 372 g/mol. The minimum atomic E-state index is -0.762. The molecule has 0 aliphatic rings. The molecule has 0 bridgehead atoms. The SMILES string of the molecule is OC(COc1cccnc1)c1cccc(OCc2ccc3ccccc3n2)c1. The van der Waals surface area contributed by atoms with Gasteiger partial charge in [-0.05, 0) is 42.0 Å². The van der Waals surface area contributed by atoms with Crippen LogP contribution in [0.4, 0.5) is 0 Å². The summed E-state index contributed by atoms with van der Waals surface area (Å²) in [4.78, 5) is 8.60. The average Bonchev–Trinajstić information content (AvgIpc) is 2.77. The molecule has 1 N–H and O–H groups in total. The zero-order valence-corrected chi connectivity index (χ0v) is 15.2. The first-order valence-electron chi connectivity index (χ1n) is 9.06. The fourth-order valence-electron chi connectivity index (χ4n) is 2.86. The molecule has 4 aromatic rings. The van der Waals surface area contributed by atoms with Gasteiger partial charge in [-0.15, -0.1) is 0 Å². The molecule has 0 aliphatic heterocycles. The van der Waals surface area contributed by atoms with E-state index >= 15 is 0 Å². The first-order chi connectivity index (χ1) is 13.8. The standard InChI is InChI=1S/C23H20N2O3/c26-23(16-28-21-8-4-12-24-14-21)18-6-3-7-20(13-18)27-15-19-11-10-17-5-1-2-9-22(17)25-19/h1-14,23,26H,15-16H2. The number of benzene rings is 2. The van der Waals surface area contributed by atoms with Crippen LogP contribution in [0.25, 0.3) is 10.9 Å². The quantitative estimate of drug-likeness (QED) is 0.523. The highest BCUT2D eigenvalue weighted by molar-refractivity contribution is 5.78. The third-order valence-corrected chi connectivity index (χ3v) is 4.33. The fraction of sp³-hybridized carbons (Fsp3) is 0.130. The normalized spacial score (nSPS) is 11.9. The molecular formula is C23H20N2O3. The van der Waals surface area contributed by atoms with Gasteiger partial charge in [0.2, 0.25) is 0 Å². The van der Waals surface area contributed by atoms with Crippen molar-refractivity contribution in [1.82, 2.24) is 9.97 Å². The molecule has 2 heterocycles. The van der Waals surface area contributed by atoms with Gasteiger partial charge < -0.3 is 14.6 Å². The Morgan fingerprint density at radius 2 is 1.75 bits per heavy atom. The van der Waals surface area contributed by atoms with Crippen molar-refractivity contribution in [3.05, 3.63) is 96.4 Å². The van der Waals surface area contributed by atoms with Gasteiger partial charge in [-0.2, -0.15) is 0 Å². The molecule has 0 saturated carbocycles. The molecule has 0 fully saturated rings. The summed E-state index contributed by atoms with van der Waals surface area (Å²) in [7, 11) is 0. The molecule has 0 amide bonds. The maximum atomic E-state index is 10.4. The molecule has 4 rings (SSSR count). The smallest absolute Gasteiger partial charge is 0.137 e. The van der Waals surface area contributed by atoms with Crippen LogP contribution in [0.5, 0.6) is 11.5 Å². The largest absolute Gasteiger partial charge is 0.489 e. The Morgan fingerprint density at radius 3 is 2.64 bits per heavy atom. The molecular weight excluding hydrogens is 352 g/mol. The molecule has 2 aromatic carbocycles. The molecule has 0 saturated heterocycles. The maximum absolute atomic E-state index is 10.4. The summed E-state index contributed by atoms with van der Waals surface area (Å²) < 4.78 is 11.4. The number of hydrogen-bond donors (Lipinski definition) is 1. The predicted molar refractivity (Wildman–Crippen MR) is 107 cm³/mol. The van der Waals surface area contributed by atoms with Crippen LogP contribution < -0.4 is 9.47 Å². The van der Waals surface area contributed by atoms with E-state index in [1.807, 2.05) is 60.7 Å². The van der Waals surface area contributed by atoms with Crippen LogP contribution in [-0.4, -0.2) is 21.7 Å². The third-order valence-electron chi connectivity index (χ3n) is 4.33. The van der Waals surface area contributed by atoms with Crippen LogP contribution >= 0.6 is 0 Å². The number of ether oxygens (including phenoxy) is 2. The van der Waals surface area contributed by atoms with Gasteiger partial charge in [0, 0.05) is 11.6 Å². The lowest BCUT2D eigenvalue weighted by Gasteiger charge is -2.14. The number of fused-ring (bicyclic) bond motifs is 1. The summed E-state index contributed by atoms with van der Waals surface area (Å²) in [5.41, 5.74) is 2.53. The van der Waals surface area contributed by atoms with Gasteiger partial charge in [-0.25, -0.2) is 4.98 Å². The Balaban J connectivity index is 1.38. The Bertz CT molecular complexity index is 1050. The van der Waals surface area contributed by atoms with Crippen LogP contribution in [-0.2, 0) is 6.61 Å². The maximum Gasteiger partial charge on any atom is 0.137 e. The highest BCUT2D eigenvalue weighted by Gasteiger charge is 2.10. The van der Waals surface area contributed by atoms with Gasteiger partial charge >= 0.3 is 0 Å². The van der Waals surface area contributed by atoms with E-state index in [0.717, 1.165) is 22.2 Å². The summed E-state index contributed by atoms with van der Waals surface area (Å²) in [6.45, 7) is 0.498. The van der Waals surface area contributed by atoms with Crippen molar-refractivity contribution < 1.29 is 14.6 Å². The Morgan fingerprint density at radius 1 is 0.857 bits per heavy atom. The van der Waals surface area contributed by atoms with Gasteiger partial charge in [-0.3, -0.25) is 4.98 Å². The number of pyridine rings is 2. The van der Waals surface area contributed by atoms with Crippen LogP contribution in [0.2, 0.25) is 0 Å². The minimum Gasteiger partial charge on any atom is -0.489 e. The topological polar surface area (TPSA) is 64.5 Å². The van der Waals surface area contributed by atoms with E-state index in [-0.39, 0.29) is 6.61 Å². The van der Waals surface area contributed by atoms with Gasteiger partial charge in [0.05, 0.1) is 17.4 Å². The molecule has 5 heteroatoms. The Hall–Kier alpha value is -3.44. The lowest BCUT2D eigenvalue weighted by molar-refractivity contribution is 0.107. The van der Waals surface area contributed by atoms with E-state index in [2.05, 4.69) is 9.97 Å². The average molecular weight is 372 g/mol. The van der Waals surface area contributed by atoms with Gasteiger partial charge in [0.25, 0.3) is 0 Å². The first-order valence-corrected chi connectivity index (χ1v) is 9.06. The van der Waals surface area contributed by atoms with E-state index in [4.69, 9.17) is 9.47 Å². The fourth-order valence-corrected chi connectivity index (χ4v) is 2.86. The summed E-state index contributed by atoms with van der Waals surface area (Å²) in [5.74, 6) is 1.30. The highest BCUT2D eigenvalue weighted by atomic mass is 16.5. The van der Waals surface area contributed by atoms with Crippen molar-refractivity contribution in [2.75, 3.05) is 6.61 Å². The van der Waals surface area contributed by atoms with Crippen molar-refractivity contribution in [1.29, 1.82) is 0 Å². The van der Waals surface area contributed by atoms with Crippen molar-refractivity contribution >= 4 is 10.9 Å². The second kappa shape index (κ2) is 8.50. The molecule has 140 valence electrons. The van der Waals surface area contributed by atoms with E-state index in [9.17, 15) is 5.11 Å². The first kappa shape index (κ1) is 17.9. The van der Waals surface area contributed by atoms with Crippen LogP contribution in [0.1, 0.15) is 17.4 Å². The lowest BCUT2D eigenvalue weighted by Crippen LogP contribution is -2.10. The summed E-state index contributed by atoms with van der Waals surface area (Å²) in [5, 5.41) is 11.5. The molecule has 0 radical (unpaired) electrons. The van der Waals surface area contributed by atoms with Crippen molar-refractivity contribution in [3.8, 4) is 11.5 Å². The second-order valence-corrected chi connectivity index (χ2v) is 6.37. The zero-order chi connectivity index (χ0) is 19.2. The van der Waals surface area contributed by atoms with Gasteiger partial charge in [-0.1, -0.05) is 36.4 Å². The number of aliphatic hydroxyl groups excluding tert-OH is 1. The Kier molecular flexibility index (Phi) is 5.45. The Labute approximate surface area is 163 Å². The predicted octanol–water partition coefficient (Wildman–Crippen LogP) is 4.32. The van der Waals surface area contributed by atoms with E-state index in [1.165, 1.54) is 0 Å². The van der Waals surface area contributed by atoms with Crippen LogP contribution in [0, 0.1) is 0 Å². The number of nitrogens with zero attached hydrogens (tertiary/aromatic N) is 2. The molecule has 2 aromatic heterocycles. The number of rotatable bonds is 7. The van der Waals surface area contributed by atoms with Crippen molar-refractivity contribution in [2.45, 2.75) is 12.7 Å². The number of hydrogen-bond acceptors (Lipinski definition) is 5. The number of para-hydroxylation sites is 1. The highest BCUT2D eigenvalue weighted by Crippen LogP contribution is 2.21. The number of aliphatic hydroxyl groups is 1. The van der Waals surface area contributed by atoms with Crippen LogP contribution in [0.15, 0.2) is 85.2 Å². The van der Waals surface area contributed by atoms with Crippen LogP contribution in [0.3, 0.4) is 0 Å². The molecule has 0 spiro atoms. The van der Waals surface area contributed by atoms with Gasteiger partial charge in [0.15, 0.2) is 0 Å². The third kappa shape index (κ3) is 4.45. The second-order valence-electron chi connectivity index (χ2n) is 6.37. The zero-order valence-electron chi connectivity index (χ0n) is 15.2. The minimum absolute atomic E-state index is 0.140. The van der Waals surface area contributed by atoms with E-state index < -0.39 is 6.10 Å². The summed E-state index contributed by atoms with van der Waals surface area (Å²) in [6.07, 6.45) is 2.53. The van der Waals surface area contributed by atoms with Crippen molar-refractivity contribution in [3.63, 3.8) is 0 Å². The number of aromatic nitrogens is 2. The molecule has 0 aliphatic carbocycles. The molecule has 5 nitrogen and oxygen atoms in total. The summed E-state index contributed by atoms with van der Waals surface area (Å²) in [6, 6.07) is 22.9. The van der Waals surface area contributed by atoms with Gasteiger partial charge in [0.1, 0.15) is 30.8 Å². The van der Waals surface area contributed by atoms with Crippen molar-refractivity contribution in [2.24, 2.45) is 0 Å². The molecule has 1 atom stereocenters. The summed E-state index contributed by atoms with van der Waals surface area (Å²) >= 11 is 0. The molecule has 28 heavy (non-hydrogen) atoms. The lowest BCUT2D eigenvalue weighted by atomic mass is 10.1. The van der Waals surface area contributed by atoms with E-state index in [1.54, 1.807) is 24.5 Å². The molecule has 1 unspecified atom stereocenters. The van der Waals surface area contributed by atoms with E-state index in [0.29, 0.717) is 18.1 Å².